The van der Waals surface area contributed by atoms with E-state index in [2.05, 4.69) is 38.7 Å². The Morgan fingerprint density at radius 1 is 0.944 bits per heavy atom. The van der Waals surface area contributed by atoms with Gasteiger partial charge in [-0.3, -0.25) is 14.9 Å². The summed E-state index contributed by atoms with van der Waals surface area (Å²) in [5.74, 6) is 0.274. The maximum Gasteiger partial charge on any atom is 0.257 e. The zero-order chi connectivity index (χ0) is 25.3. The number of piperidine rings is 1. The van der Waals surface area contributed by atoms with Gasteiger partial charge in [-0.05, 0) is 83.3 Å². The minimum Gasteiger partial charge on any atom is -0.492 e. The van der Waals surface area contributed by atoms with Crippen molar-refractivity contribution in [1.82, 2.24) is 10.2 Å². The molecule has 186 valence electrons. The summed E-state index contributed by atoms with van der Waals surface area (Å²) in [4.78, 5) is 27.7. The van der Waals surface area contributed by atoms with Crippen LogP contribution in [0.3, 0.4) is 0 Å². The Kier molecular flexibility index (Phi) is 9.08. The van der Waals surface area contributed by atoms with Crippen molar-refractivity contribution in [2.45, 2.75) is 25.7 Å². The molecule has 0 aromatic heterocycles. The van der Waals surface area contributed by atoms with Crippen molar-refractivity contribution >= 4 is 50.8 Å². The van der Waals surface area contributed by atoms with Gasteiger partial charge in [-0.25, -0.2) is 0 Å². The number of para-hydroxylation sites is 1. The van der Waals surface area contributed by atoms with Crippen LogP contribution in [0.1, 0.15) is 45.5 Å². The number of rotatable bonds is 7. The number of hydrogen-bond acceptors (Lipinski definition) is 4. The Balaban J connectivity index is 1.33. The lowest BCUT2D eigenvalue weighted by atomic mass is 10.1. The Labute approximate surface area is 225 Å². The molecule has 1 aliphatic rings. The van der Waals surface area contributed by atoms with Gasteiger partial charge in [0, 0.05) is 25.1 Å². The minimum atomic E-state index is -0.358. The van der Waals surface area contributed by atoms with Crippen molar-refractivity contribution in [1.29, 1.82) is 0 Å². The van der Waals surface area contributed by atoms with E-state index in [0.717, 1.165) is 38.8 Å². The summed E-state index contributed by atoms with van der Waals surface area (Å²) >= 11 is 8.86. The largest absolute Gasteiger partial charge is 0.492 e. The van der Waals surface area contributed by atoms with Crippen LogP contribution in [0.2, 0.25) is 0 Å². The zero-order valence-electron chi connectivity index (χ0n) is 19.8. The molecule has 3 aromatic carbocycles. The van der Waals surface area contributed by atoms with E-state index in [1.807, 2.05) is 35.2 Å². The topological polar surface area (TPSA) is 70.7 Å². The van der Waals surface area contributed by atoms with Crippen molar-refractivity contribution in [3.05, 3.63) is 94.0 Å². The Hall–Kier alpha value is -3.23. The highest BCUT2D eigenvalue weighted by atomic mass is 79.9. The Morgan fingerprint density at radius 2 is 1.67 bits per heavy atom. The predicted octanol–water partition coefficient (Wildman–Crippen LogP) is 5.82. The number of amides is 2. The lowest BCUT2D eigenvalue weighted by molar-refractivity contribution is 0.0725. The van der Waals surface area contributed by atoms with Crippen LogP contribution >= 0.6 is 28.1 Å². The summed E-state index contributed by atoms with van der Waals surface area (Å²) in [6.07, 6.45) is 3.97. The smallest absolute Gasteiger partial charge is 0.257 e. The monoisotopic (exact) mass is 565 g/mol. The maximum absolute atomic E-state index is 13.0. The van der Waals surface area contributed by atoms with Gasteiger partial charge >= 0.3 is 0 Å². The molecule has 1 aliphatic heterocycles. The molecule has 1 fully saturated rings. The second-order valence-corrected chi connectivity index (χ2v) is 9.80. The summed E-state index contributed by atoms with van der Waals surface area (Å²) in [5.41, 5.74) is 2.74. The highest BCUT2D eigenvalue weighted by molar-refractivity contribution is 9.10. The minimum absolute atomic E-state index is 0.0290. The summed E-state index contributed by atoms with van der Waals surface area (Å²) in [6.45, 7) is 2.04. The van der Waals surface area contributed by atoms with E-state index in [4.69, 9.17) is 17.0 Å². The second kappa shape index (κ2) is 12.6. The summed E-state index contributed by atoms with van der Waals surface area (Å²) in [7, 11) is 0. The van der Waals surface area contributed by atoms with E-state index in [1.54, 1.807) is 30.3 Å². The van der Waals surface area contributed by atoms with Crippen molar-refractivity contribution in [3.63, 3.8) is 0 Å². The first-order valence-electron chi connectivity index (χ1n) is 12.0. The predicted molar refractivity (Wildman–Crippen MR) is 150 cm³/mol. The fourth-order valence-corrected chi connectivity index (χ4v) is 4.75. The van der Waals surface area contributed by atoms with E-state index in [-0.39, 0.29) is 16.9 Å². The standard InChI is InChI=1S/C28H28BrN3O3S/c29-23-19-21(13-14-25(23)35-18-15-20-9-3-1-4-10-20)26(33)31-28(36)30-24-12-6-5-11-22(24)27(34)32-16-7-2-8-17-32/h1,3-6,9-14,19H,2,7-8,15-18H2,(H2,30,31,33,36). The molecule has 0 spiro atoms. The lowest BCUT2D eigenvalue weighted by Gasteiger charge is -2.27. The molecule has 1 heterocycles. The number of nitrogens with zero attached hydrogens (tertiary/aromatic N) is 1. The molecule has 0 bridgehead atoms. The average Bonchev–Trinajstić information content (AvgIpc) is 2.90. The SMILES string of the molecule is O=C(NC(=S)Nc1ccccc1C(=O)N1CCCCC1)c1ccc(OCCc2ccccc2)c(Br)c1. The van der Waals surface area contributed by atoms with E-state index in [0.29, 0.717) is 33.6 Å². The molecule has 3 aromatic rings. The van der Waals surface area contributed by atoms with Gasteiger partial charge in [0.2, 0.25) is 0 Å². The van der Waals surface area contributed by atoms with Crippen molar-refractivity contribution < 1.29 is 14.3 Å². The van der Waals surface area contributed by atoms with Crippen LogP contribution < -0.4 is 15.4 Å². The van der Waals surface area contributed by atoms with Crippen LogP contribution in [-0.2, 0) is 6.42 Å². The van der Waals surface area contributed by atoms with E-state index < -0.39 is 0 Å². The molecule has 2 N–H and O–H groups in total. The molecule has 1 saturated heterocycles. The van der Waals surface area contributed by atoms with Gasteiger partial charge in [0.25, 0.3) is 11.8 Å². The first-order valence-corrected chi connectivity index (χ1v) is 13.2. The normalized spacial score (nSPS) is 13.1. The molecule has 0 aliphatic carbocycles. The van der Waals surface area contributed by atoms with Gasteiger partial charge < -0.3 is 15.0 Å². The molecular weight excluding hydrogens is 538 g/mol. The zero-order valence-corrected chi connectivity index (χ0v) is 22.2. The average molecular weight is 567 g/mol. The number of carbonyl (C=O) groups excluding carboxylic acids is 2. The van der Waals surface area contributed by atoms with Crippen LogP contribution in [-0.4, -0.2) is 41.5 Å². The van der Waals surface area contributed by atoms with E-state index in [9.17, 15) is 9.59 Å². The molecule has 36 heavy (non-hydrogen) atoms. The Morgan fingerprint density at radius 3 is 2.42 bits per heavy atom. The van der Waals surface area contributed by atoms with Crippen LogP contribution in [0.25, 0.3) is 0 Å². The summed E-state index contributed by atoms with van der Waals surface area (Å²) < 4.78 is 6.55. The number of benzene rings is 3. The fourth-order valence-electron chi connectivity index (χ4n) is 4.06. The van der Waals surface area contributed by atoms with Gasteiger partial charge in [-0.2, -0.15) is 0 Å². The highest BCUT2D eigenvalue weighted by Crippen LogP contribution is 2.26. The first-order chi connectivity index (χ1) is 17.5. The van der Waals surface area contributed by atoms with Gasteiger partial charge in [-0.1, -0.05) is 42.5 Å². The van der Waals surface area contributed by atoms with Crippen molar-refractivity contribution in [3.8, 4) is 5.75 Å². The second-order valence-electron chi connectivity index (χ2n) is 8.54. The lowest BCUT2D eigenvalue weighted by Crippen LogP contribution is -2.37. The molecule has 2 amide bonds. The quantitative estimate of drug-likeness (QED) is 0.353. The number of halogens is 1. The third-order valence-electron chi connectivity index (χ3n) is 5.96. The number of likely N-dealkylation sites (tertiary alicyclic amines) is 1. The molecule has 4 rings (SSSR count). The molecule has 0 radical (unpaired) electrons. The first kappa shape index (κ1) is 25.9. The molecule has 6 nitrogen and oxygen atoms in total. The number of thiocarbonyl (C=S) groups is 1. The summed E-state index contributed by atoms with van der Waals surface area (Å²) in [5, 5.41) is 5.84. The third-order valence-corrected chi connectivity index (χ3v) is 6.79. The van der Waals surface area contributed by atoms with Crippen molar-refractivity contribution in [2.24, 2.45) is 0 Å². The van der Waals surface area contributed by atoms with Crippen LogP contribution in [0.5, 0.6) is 5.75 Å². The van der Waals surface area contributed by atoms with Crippen molar-refractivity contribution in [2.75, 3.05) is 25.0 Å². The van der Waals surface area contributed by atoms with Gasteiger partial charge in [0.1, 0.15) is 5.75 Å². The molecular formula is C28H28BrN3O3S. The summed E-state index contributed by atoms with van der Waals surface area (Å²) in [6, 6.07) is 22.5. The van der Waals surface area contributed by atoms with Gasteiger partial charge in [-0.15, -0.1) is 0 Å². The van der Waals surface area contributed by atoms with Crippen LogP contribution in [0, 0.1) is 0 Å². The maximum atomic E-state index is 13.0. The number of anilines is 1. The van der Waals surface area contributed by atoms with Gasteiger partial charge in [0.05, 0.1) is 22.3 Å². The Bertz CT molecular complexity index is 1230. The number of ether oxygens (including phenoxy) is 1. The number of carbonyl (C=O) groups is 2. The number of hydrogen-bond donors (Lipinski definition) is 2. The number of nitrogens with one attached hydrogen (secondary N) is 2. The van der Waals surface area contributed by atoms with Crippen LogP contribution in [0.15, 0.2) is 77.3 Å². The highest BCUT2D eigenvalue weighted by Gasteiger charge is 2.21. The molecule has 8 heteroatoms. The molecule has 0 unspecified atom stereocenters. The van der Waals surface area contributed by atoms with Gasteiger partial charge in [0.15, 0.2) is 5.11 Å². The van der Waals surface area contributed by atoms with E-state index >= 15 is 0 Å². The van der Waals surface area contributed by atoms with E-state index in [1.165, 1.54) is 5.56 Å². The molecule has 0 atom stereocenters. The molecule has 0 saturated carbocycles. The van der Waals surface area contributed by atoms with Crippen LogP contribution in [0.4, 0.5) is 5.69 Å². The fraction of sp³-hybridized carbons (Fsp3) is 0.250. The third kappa shape index (κ3) is 6.92.